The first kappa shape index (κ1) is 67.2. The Kier molecular flexibility index (Phi) is 25.0. The highest BCUT2D eigenvalue weighted by Crippen LogP contribution is 2.39. The fourth-order valence-electron chi connectivity index (χ4n) is 10.6. The number of anilines is 2. The number of carbonyl (C=O) groups excluding carboxylic acids is 8. The number of para-hydroxylation sites is 1. The molecule has 14 N–H and O–H groups in total. The van der Waals surface area contributed by atoms with Crippen LogP contribution in [0.3, 0.4) is 0 Å². The van der Waals surface area contributed by atoms with Crippen LogP contribution in [-0.2, 0) is 76.7 Å². The van der Waals surface area contributed by atoms with Crippen LogP contribution in [0, 0.1) is 5.92 Å². The second-order valence-corrected chi connectivity index (χ2v) is 22.0. The van der Waals surface area contributed by atoms with Crippen molar-refractivity contribution in [1.82, 2.24) is 51.9 Å². The van der Waals surface area contributed by atoms with Gasteiger partial charge in [0.25, 0.3) is 0 Å². The molecule has 3 unspecified atom stereocenters. The molecule has 0 aliphatic carbocycles. The van der Waals surface area contributed by atoms with Crippen molar-refractivity contribution < 1.29 is 88.1 Å². The number of aliphatic carboxylic acids is 3. The molecule has 31 heteroatoms. The number of β-amino-alcohol motifs (C(OH)–C–C–N with tert-alkyl or cyclic N) is 2. The van der Waals surface area contributed by atoms with Crippen molar-refractivity contribution in [3.05, 3.63) is 59.2 Å². The molecule has 2 saturated heterocycles. The molecule has 86 heavy (non-hydrogen) atoms. The molecule has 2 aromatic carbocycles. The van der Waals surface area contributed by atoms with E-state index in [1.807, 2.05) is 6.07 Å². The lowest BCUT2D eigenvalue weighted by atomic mass is 9.97. The van der Waals surface area contributed by atoms with Crippen LogP contribution in [0.5, 0.6) is 0 Å². The molecular formula is C55H76N12O18S. The maximum absolute atomic E-state index is 14.3. The molecule has 2 fully saturated rings. The number of rotatable bonds is 28. The third-order valence-corrected chi connectivity index (χ3v) is 15.4. The smallest absolute Gasteiger partial charge is 0.317 e. The Morgan fingerprint density at radius 1 is 0.756 bits per heavy atom. The molecule has 4 heterocycles. The fraction of sp³-hybridized carbons (Fsp3) is 0.564. The molecule has 470 valence electrons. The number of amides is 7. The first-order valence-corrected chi connectivity index (χ1v) is 28.7. The summed E-state index contributed by atoms with van der Waals surface area (Å²) in [6.07, 6.45) is -3.15. The molecule has 0 saturated carbocycles. The van der Waals surface area contributed by atoms with Gasteiger partial charge < -0.3 is 77.9 Å². The normalized spacial score (nSPS) is 20.9. The lowest BCUT2D eigenvalue weighted by molar-refractivity contribution is -0.155. The van der Waals surface area contributed by atoms with Crippen molar-refractivity contribution >= 4 is 93.9 Å². The number of esters is 1. The summed E-state index contributed by atoms with van der Waals surface area (Å²) >= 11 is 5.41. The highest BCUT2D eigenvalue weighted by Gasteiger charge is 2.46. The minimum absolute atomic E-state index is 0.0291. The van der Waals surface area contributed by atoms with Gasteiger partial charge in [-0.25, -0.2) is 0 Å². The summed E-state index contributed by atoms with van der Waals surface area (Å²) in [5, 5.41) is 79.1. The number of ether oxygens (including phenoxy) is 1. The number of hydrogen-bond acceptors (Lipinski definition) is 19. The average molecular weight is 1230 g/mol. The molecule has 6 rings (SSSR count). The van der Waals surface area contributed by atoms with Gasteiger partial charge >= 0.3 is 23.9 Å². The Morgan fingerprint density at radius 2 is 1.44 bits per heavy atom. The average Bonchev–Trinajstić information content (AvgIpc) is 1.85. The second kappa shape index (κ2) is 32.0. The van der Waals surface area contributed by atoms with Gasteiger partial charge in [0.1, 0.15) is 30.2 Å². The quantitative estimate of drug-likeness (QED) is 0.0219. The molecule has 4 aliphatic heterocycles. The lowest BCUT2D eigenvalue weighted by Crippen LogP contribution is -2.59. The maximum atomic E-state index is 14.3. The number of nitrogens with one attached hydrogen (secondary N) is 8. The molecule has 2 aromatic rings. The third-order valence-electron chi connectivity index (χ3n) is 15.2. The summed E-state index contributed by atoms with van der Waals surface area (Å²) < 4.78 is 4.75. The van der Waals surface area contributed by atoms with E-state index in [1.54, 1.807) is 64.9 Å². The van der Waals surface area contributed by atoms with Crippen molar-refractivity contribution in [3.8, 4) is 0 Å². The molecule has 0 aromatic heterocycles. The van der Waals surface area contributed by atoms with E-state index in [4.69, 9.17) is 17.0 Å². The fourth-order valence-corrected chi connectivity index (χ4v) is 10.8. The standard InChI is InChI=1S/C55H76N12O18S/c1-3-30(2)48(52(82)61-37-12-9-32-5-4-6-33-22-39(67(49(32)33)53(37)83)51(81)62-38-23-47(79)85-54(38)84)63-42(70)25-57-41(69)24-58-50(80)36(13-14-43(71)72)60-40(68)15-16-56-55(86)59-34-10-7-31(8-11-34)21-35-26-65(28-45(75)76)18-17-64(27-44(73)74)19-20-66(35)29-46(77)78/h4-8,10-11,30,35-39,44,48,54,73-74,84H,3,9,12-29H2,1-2H3,(H,57,69)(H,58,80)(H,60,68)(H,61,82)(H,62,81)(H,63,70)(H,71,72)(H,75,76)(H,77,78)(H2,56,59,86)/t30-,35?,36-,37-,38?,39-,48-,54?/m0/s1. The van der Waals surface area contributed by atoms with Gasteiger partial charge in [0, 0.05) is 76.8 Å². The van der Waals surface area contributed by atoms with Crippen LogP contribution in [0.15, 0.2) is 42.5 Å². The molecular weight excluding hydrogens is 1150 g/mol. The number of hydrogen-bond donors (Lipinski definition) is 14. The number of carbonyl (C=O) groups is 11. The van der Waals surface area contributed by atoms with Gasteiger partial charge in [0.05, 0.1) is 38.3 Å². The van der Waals surface area contributed by atoms with Gasteiger partial charge in [-0.1, -0.05) is 50.6 Å². The van der Waals surface area contributed by atoms with Gasteiger partial charge in [0.2, 0.25) is 47.6 Å². The number of aryl methyl sites for hydroxylation is 1. The Hall–Kier alpha value is -7.94. The number of benzene rings is 2. The summed E-state index contributed by atoms with van der Waals surface area (Å²) in [6.45, 7) is 2.85. The number of carboxylic acid groups (broad SMARTS) is 3. The number of carboxylic acids is 3. The first-order chi connectivity index (χ1) is 40.9. The Labute approximate surface area is 500 Å². The van der Waals surface area contributed by atoms with Gasteiger partial charge in [-0.05, 0) is 72.6 Å². The van der Waals surface area contributed by atoms with Crippen LogP contribution >= 0.6 is 12.2 Å². The minimum Gasteiger partial charge on any atom is -0.481 e. The van der Waals surface area contributed by atoms with Gasteiger partial charge in [-0.2, -0.15) is 0 Å². The Balaban J connectivity index is 0.947. The van der Waals surface area contributed by atoms with Crippen LogP contribution in [0.25, 0.3) is 0 Å². The molecule has 0 bridgehead atoms. The van der Waals surface area contributed by atoms with E-state index in [2.05, 4.69) is 42.5 Å². The van der Waals surface area contributed by atoms with Crippen molar-refractivity contribution in [3.63, 3.8) is 0 Å². The SMILES string of the molecule is CC[C@H](C)[C@H](NC(=O)CNC(=O)CNC(=O)[C@H](CCC(=O)O)NC(=O)CCNC(=S)Nc1ccc(CC2CN(CC(=O)O)CCN(CC(O)O)CCN2CC(=O)O)cc1)C(=O)N[C@H]1CCc2cccc3c2N(C1=O)[C@H](C(=O)NC1CC(=O)OC1O)C3. The summed E-state index contributed by atoms with van der Waals surface area (Å²) in [4.78, 5) is 148. The topological polar surface area (TPSA) is 428 Å². The molecule has 8 atom stereocenters. The van der Waals surface area contributed by atoms with E-state index >= 15 is 0 Å². The molecule has 7 amide bonds. The Morgan fingerprint density at radius 3 is 2.10 bits per heavy atom. The summed E-state index contributed by atoms with van der Waals surface area (Å²) in [6, 6.07) is 6.20. The van der Waals surface area contributed by atoms with Crippen LogP contribution in [-0.4, -0.2) is 237 Å². The zero-order valence-electron chi connectivity index (χ0n) is 47.7. The van der Waals surface area contributed by atoms with Crippen LogP contribution in [0.2, 0.25) is 0 Å². The van der Waals surface area contributed by atoms with Crippen molar-refractivity contribution in [2.24, 2.45) is 5.92 Å². The summed E-state index contributed by atoms with van der Waals surface area (Å²) in [7, 11) is 0. The first-order valence-electron chi connectivity index (χ1n) is 28.3. The predicted molar refractivity (Wildman–Crippen MR) is 307 cm³/mol. The van der Waals surface area contributed by atoms with Crippen molar-refractivity contribution in [2.45, 2.75) is 120 Å². The Bertz CT molecular complexity index is 2830. The van der Waals surface area contributed by atoms with Crippen molar-refractivity contribution in [1.29, 1.82) is 0 Å². The predicted octanol–water partition coefficient (Wildman–Crippen LogP) is -4.07. The lowest BCUT2D eigenvalue weighted by Gasteiger charge is -2.33. The largest absolute Gasteiger partial charge is 0.481 e. The van der Waals surface area contributed by atoms with E-state index < -0.39 is 139 Å². The van der Waals surface area contributed by atoms with Crippen LogP contribution in [0.4, 0.5) is 11.4 Å². The number of thiocarbonyl (C=S) groups is 1. The van der Waals surface area contributed by atoms with Gasteiger partial charge in [-0.15, -0.1) is 0 Å². The zero-order chi connectivity index (χ0) is 62.8. The van der Waals surface area contributed by atoms with Gasteiger partial charge in [-0.3, -0.25) is 72.3 Å². The number of nitrogens with zero attached hydrogens (tertiary/aromatic N) is 4. The van der Waals surface area contributed by atoms with Gasteiger partial charge in [0.15, 0.2) is 11.4 Å². The summed E-state index contributed by atoms with van der Waals surface area (Å²) in [5.74, 6) is -9.69. The zero-order valence-corrected chi connectivity index (χ0v) is 48.5. The molecule has 4 aliphatic rings. The van der Waals surface area contributed by atoms with E-state index in [9.17, 15) is 83.4 Å². The number of aliphatic hydroxyl groups is 3. The monoisotopic (exact) mass is 1220 g/mol. The van der Waals surface area contributed by atoms with E-state index in [1.165, 1.54) is 4.90 Å². The summed E-state index contributed by atoms with van der Waals surface area (Å²) in [5.41, 5.74) is 3.38. The second-order valence-electron chi connectivity index (χ2n) is 21.6. The highest BCUT2D eigenvalue weighted by atomic mass is 32.1. The van der Waals surface area contributed by atoms with E-state index in [-0.39, 0.29) is 76.5 Å². The number of aliphatic hydroxyl groups excluding tert-OH is 2. The van der Waals surface area contributed by atoms with E-state index in [0.717, 1.165) is 16.7 Å². The maximum Gasteiger partial charge on any atom is 0.317 e. The third kappa shape index (κ3) is 20.1. The number of cyclic esters (lactones) is 1. The van der Waals surface area contributed by atoms with Crippen molar-refractivity contribution in [2.75, 3.05) is 82.2 Å². The van der Waals surface area contributed by atoms with E-state index in [0.29, 0.717) is 50.3 Å². The highest BCUT2D eigenvalue weighted by molar-refractivity contribution is 7.80. The molecule has 30 nitrogen and oxygen atoms in total. The minimum atomic E-state index is -1.63. The van der Waals surface area contributed by atoms with Crippen LogP contribution < -0.4 is 47.4 Å². The molecule has 0 radical (unpaired) electrons. The van der Waals surface area contributed by atoms with Crippen LogP contribution in [0.1, 0.15) is 69.1 Å². The molecule has 0 spiro atoms.